The smallest absolute Gasteiger partial charge is 0.299 e. The van der Waals surface area contributed by atoms with Gasteiger partial charge in [-0.2, -0.15) is 0 Å². The molecule has 2 aromatic rings. The summed E-state index contributed by atoms with van der Waals surface area (Å²) in [6.07, 6.45) is 3.62. The molecule has 4 rings (SSSR count). The first kappa shape index (κ1) is 23.6. The quantitative estimate of drug-likeness (QED) is 0.292. The Hall–Kier alpha value is -2.59. The van der Waals surface area contributed by atoms with E-state index >= 15 is 0 Å². The summed E-state index contributed by atoms with van der Waals surface area (Å²) in [7, 11) is 1.55. The molecule has 1 saturated heterocycles. The van der Waals surface area contributed by atoms with E-state index in [1.165, 1.54) is 0 Å². The van der Waals surface area contributed by atoms with Crippen molar-refractivity contribution in [1.29, 1.82) is 0 Å². The van der Waals surface area contributed by atoms with Crippen LogP contribution in [0.5, 0.6) is 11.5 Å². The van der Waals surface area contributed by atoms with E-state index in [9.17, 15) is 19.3 Å². The molecule has 0 radical (unpaired) electrons. The number of benzene rings is 2. The number of para-hydroxylation sites is 1. The van der Waals surface area contributed by atoms with Crippen LogP contribution >= 0.6 is 0 Å². The summed E-state index contributed by atoms with van der Waals surface area (Å²) in [6.45, 7) is 1.76. The van der Waals surface area contributed by atoms with Crippen molar-refractivity contribution in [2.24, 2.45) is 5.41 Å². The van der Waals surface area contributed by atoms with Gasteiger partial charge in [-0.05, 0) is 74.2 Å². The minimum atomic E-state index is -1.66. The first-order valence-electron chi connectivity index (χ1n) is 11.1. The van der Waals surface area contributed by atoms with Crippen LogP contribution in [0, 0.1) is 5.41 Å². The molecule has 0 aromatic heterocycles. The van der Waals surface area contributed by atoms with Crippen LogP contribution in [-0.2, 0) is 16.0 Å². The minimum Gasteiger partial charge on any atom is -0.611 e. The maximum absolute atomic E-state index is 13.7. The fourth-order valence-electron chi connectivity index (χ4n) is 5.03. The van der Waals surface area contributed by atoms with Gasteiger partial charge in [0, 0.05) is 31.1 Å². The zero-order valence-corrected chi connectivity index (χ0v) is 19.4. The van der Waals surface area contributed by atoms with Gasteiger partial charge in [-0.25, -0.2) is 5.48 Å². The number of ether oxygens (including phenoxy) is 1. The highest BCUT2D eigenvalue weighted by Gasteiger charge is 2.60. The Morgan fingerprint density at radius 1 is 1.06 bits per heavy atom. The Balaban J connectivity index is 1.55. The van der Waals surface area contributed by atoms with Crippen molar-refractivity contribution >= 4 is 23.0 Å². The van der Waals surface area contributed by atoms with E-state index in [0.29, 0.717) is 34.8 Å². The molecule has 33 heavy (non-hydrogen) atoms. The molecular formula is C24H29N3O5S. The van der Waals surface area contributed by atoms with Crippen LogP contribution in [0.2, 0.25) is 0 Å². The Labute approximate surface area is 196 Å². The van der Waals surface area contributed by atoms with E-state index in [1.807, 2.05) is 0 Å². The van der Waals surface area contributed by atoms with E-state index in [-0.39, 0.29) is 11.3 Å². The second kappa shape index (κ2) is 9.72. The maximum atomic E-state index is 13.7. The normalized spacial score (nSPS) is 22.5. The molecule has 1 spiro atoms. The Kier molecular flexibility index (Phi) is 6.94. The predicted molar refractivity (Wildman–Crippen MR) is 124 cm³/mol. The monoisotopic (exact) mass is 471 g/mol. The summed E-state index contributed by atoms with van der Waals surface area (Å²) in [5.74, 6) is 0.0453. The van der Waals surface area contributed by atoms with Gasteiger partial charge >= 0.3 is 0 Å². The summed E-state index contributed by atoms with van der Waals surface area (Å²) in [4.78, 5) is 25.4. The van der Waals surface area contributed by atoms with Crippen LogP contribution in [0.3, 0.4) is 0 Å². The van der Waals surface area contributed by atoms with Crippen molar-refractivity contribution in [3.63, 3.8) is 0 Å². The fraction of sp³-hybridized carbons (Fsp3) is 0.417. The number of nitrogens with one attached hydrogen (secondary N) is 3. The largest absolute Gasteiger partial charge is 0.611 e. The third kappa shape index (κ3) is 4.59. The van der Waals surface area contributed by atoms with Crippen molar-refractivity contribution in [2.45, 2.75) is 41.7 Å². The second-order valence-electron chi connectivity index (χ2n) is 8.78. The standard InChI is InChI=1S/C24H29N3O5S/c1-25-21(28)19-4-2-3-5-20(19)32-17-6-8-18(9-7-17)33(31)24(22(29)27-30)11-10-23(16-24)12-14-26-15-13-23/h2-9,26,30H,10-16H2,1H3,(H,25,28)(H,27,29). The molecule has 2 unspecified atom stereocenters. The molecule has 2 fully saturated rings. The van der Waals surface area contributed by atoms with Gasteiger partial charge in [-0.3, -0.25) is 14.8 Å². The lowest BCUT2D eigenvalue weighted by atomic mass is 9.77. The molecule has 1 aliphatic heterocycles. The lowest BCUT2D eigenvalue weighted by molar-refractivity contribution is -0.132. The molecule has 1 saturated carbocycles. The van der Waals surface area contributed by atoms with E-state index in [0.717, 1.165) is 32.4 Å². The third-order valence-corrected chi connectivity index (χ3v) is 8.82. The number of piperidine rings is 1. The molecule has 2 atom stereocenters. The first-order valence-corrected chi connectivity index (χ1v) is 12.2. The Morgan fingerprint density at radius 3 is 2.42 bits per heavy atom. The molecule has 2 aliphatic rings. The first-order chi connectivity index (χ1) is 15.9. The van der Waals surface area contributed by atoms with Crippen molar-refractivity contribution in [1.82, 2.24) is 16.1 Å². The number of carbonyl (C=O) groups excluding carboxylic acids is 2. The SMILES string of the molecule is CNC(=O)c1ccccc1Oc1ccc([S+]([O-])C2(C(=O)NO)CCC3(CCNCC3)C2)cc1. The third-order valence-electron chi connectivity index (χ3n) is 6.88. The summed E-state index contributed by atoms with van der Waals surface area (Å²) < 4.78 is 18.4. The van der Waals surface area contributed by atoms with E-state index < -0.39 is 21.8 Å². The molecule has 1 heterocycles. The van der Waals surface area contributed by atoms with E-state index in [1.54, 1.807) is 61.1 Å². The van der Waals surface area contributed by atoms with Gasteiger partial charge in [0.2, 0.25) is 4.75 Å². The number of hydrogen-bond donors (Lipinski definition) is 4. The summed E-state index contributed by atoms with van der Waals surface area (Å²) in [5.41, 5.74) is 2.16. The van der Waals surface area contributed by atoms with Crippen molar-refractivity contribution in [3.8, 4) is 11.5 Å². The minimum absolute atomic E-state index is 0.0277. The van der Waals surface area contributed by atoms with Crippen LogP contribution in [0.1, 0.15) is 42.5 Å². The van der Waals surface area contributed by atoms with Crippen LogP contribution in [0.15, 0.2) is 53.4 Å². The molecule has 0 bridgehead atoms. The van der Waals surface area contributed by atoms with Crippen LogP contribution in [-0.4, -0.2) is 46.5 Å². The average Bonchev–Trinajstić information content (AvgIpc) is 3.23. The predicted octanol–water partition coefficient (Wildman–Crippen LogP) is 2.74. The van der Waals surface area contributed by atoms with Crippen molar-refractivity contribution in [3.05, 3.63) is 54.1 Å². The maximum Gasteiger partial charge on any atom is 0.299 e. The lowest BCUT2D eigenvalue weighted by Crippen LogP contribution is -2.51. The molecular weight excluding hydrogens is 442 g/mol. The average molecular weight is 472 g/mol. The highest BCUT2D eigenvalue weighted by Crippen LogP contribution is 2.54. The van der Waals surface area contributed by atoms with Gasteiger partial charge in [0.05, 0.1) is 5.56 Å². The molecule has 2 amide bonds. The Bertz CT molecular complexity index is 1010. The van der Waals surface area contributed by atoms with E-state index in [2.05, 4.69) is 10.6 Å². The van der Waals surface area contributed by atoms with Gasteiger partial charge in [0.1, 0.15) is 11.5 Å². The second-order valence-corrected chi connectivity index (χ2v) is 10.6. The molecule has 4 N–H and O–H groups in total. The van der Waals surface area contributed by atoms with Crippen LogP contribution in [0.4, 0.5) is 0 Å². The topological polar surface area (TPSA) is 123 Å². The highest BCUT2D eigenvalue weighted by atomic mass is 32.2. The molecule has 1 aliphatic carbocycles. The molecule has 8 nitrogen and oxygen atoms in total. The summed E-state index contributed by atoms with van der Waals surface area (Å²) in [6, 6.07) is 13.6. The zero-order valence-electron chi connectivity index (χ0n) is 18.6. The van der Waals surface area contributed by atoms with Gasteiger partial charge in [-0.15, -0.1) is 0 Å². The highest BCUT2D eigenvalue weighted by molar-refractivity contribution is 7.93. The van der Waals surface area contributed by atoms with Crippen molar-refractivity contribution in [2.75, 3.05) is 20.1 Å². The van der Waals surface area contributed by atoms with Crippen LogP contribution in [0.25, 0.3) is 0 Å². The summed E-state index contributed by atoms with van der Waals surface area (Å²) in [5, 5.41) is 15.4. The van der Waals surface area contributed by atoms with Crippen LogP contribution < -0.4 is 20.9 Å². The Morgan fingerprint density at radius 2 is 1.76 bits per heavy atom. The number of hydroxylamine groups is 1. The molecule has 2 aromatic carbocycles. The zero-order chi connectivity index (χ0) is 23.5. The number of hydrogen-bond acceptors (Lipinski definition) is 6. The van der Waals surface area contributed by atoms with Gasteiger partial charge in [-0.1, -0.05) is 12.1 Å². The van der Waals surface area contributed by atoms with Gasteiger partial charge < -0.3 is 19.9 Å². The van der Waals surface area contributed by atoms with Gasteiger partial charge in [0.15, 0.2) is 4.90 Å². The molecule has 176 valence electrons. The van der Waals surface area contributed by atoms with Gasteiger partial charge in [0.25, 0.3) is 11.8 Å². The number of amides is 2. The lowest BCUT2D eigenvalue weighted by Gasteiger charge is -2.36. The fourth-order valence-corrected chi connectivity index (χ4v) is 6.81. The number of rotatable bonds is 6. The van der Waals surface area contributed by atoms with Crippen molar-refractivity contribution < 1.29 is 24.1 Å². The molecule has 9 heteroatoms. The summed E-state index contributed by atoms with van der Waals surface area (Å²) >= 11 is -1.66. The van der Waals surface area contributed by atoms with E-state index in [4.69, 9.17) is 4.74 Å². The number of carbonyl (C=O) groups is 2.